The van der Waals surface area contributed by atoms with Crippen molar-refractivity contribution >= 4 is 0 Å². The second kappa shape index (κ2) is 5.83. The van der Waals surface area contributed by atoms with Gasteiger partial charge in [0.05, 0.1) is 13.2 Å². The van der Waals surface area contributed by atoms with Gasteiger partial charge in [-0.05, 0) is 24.9 Å². The predicted octanol–water partition coefficient (Wildman–Crippen LogP) is 1.64. The van der Waals surface area contributed by atoms with E-state index in [2.05, 4.69) is 40.5 Å². The molecule has 2 heterocycles. The summed E-state index contributed by atoms with van der Waals surface area (Å²) in [6.07, 6.45) is 2.61. The van der Waals surface area contributed by atoms with Crippen molar-refractivity contribution in [2.45, 2.75) is 31.5 Å². The Kier molecular flexibility index (Phi) is 3.93. The fourth-order valence-electron chi connectivity index (χ4n) is 3.15. The molecule has 18 heavy (non-hydrogen) atoms. The molecule has 1 N–H and O–H groups in total. The standard InChI is InChI=1S/C15H22N2O/c1-2-5-13(6-3-1)11-17-9-4-7-15(17)14-12-18-10-8-16-14/h1-3,5-6,14-16H,4,7-12H2. The molecule has 0 aromatic heterocycles. The van der Waals surface area contributed by atoms with Gasteiger partial charge in [-0.1, -0.05) is 30.3 Å². The molecule has 3 rings (SSSR count). The number of ether oxygens (including phenoxy) is 1. The number of nitrogens with one attached hydrogen (secondary N) is 1. The predicted molar refractivity (Wildman–Crippen MR) is 72.5 cm³/mol. The highest BCUT2D eigenvalue weighted by Crippen LogP contribution is 2.23. The van der Waals surface area contributed by atoms with Crippen molar-refractivity contribution in [3.05, 3.63) is 35.9 Å². The molecule has 0 amide bonds. The minimum atomic E-state index is 0.518. The van der Waals surface area contributed by atoms with Crippen LogP contribution in [0, 0.1) is 0 Å². The van der Waals surface area contributed by atoms with Crippen LogP contribution in [0.15, 0.2) is 30.3 Å². The molecule has 2 aliphatic rings. The summed E-state index contributed by atoms with van der Waals surface area (Å²) in [5, 5.41) is 3.61. The number of benzene rings is 1. The maximum Gasteiger partial charge on any atom is 0.0635 e. The summed E-state index contributed by atoms with van der Waals surface area (Å²) in [7, 11) is 0. The Morgan fingerprint density at radius 3 is 2.94 bits per heavy atom. The molecule has 1 aromatic carbocycles. The normalized spacial score (nSPS) is 29.6. The minimum Gasteiger partial charge on any atom is -0.378 e. The number of nitrogens with zero attached hydrogens (tertiary/aromatic N) is 1. The fourth-order valence-corrected chi connectivity index (χ4v) is 3.15. The average molecular weight is 246 g/mol. The molecule has 0 radical (unpaired) electrons. The van der Waals surface area contributed by atoms with E-state index in [0.717, 1.165) is 26.3 Å². The summed E-state index contributed by atoms with van der Waals surface area (Å²) >= 11 is 0. The first-order chi connectivity index (χ1) is 8.93. The van der Waals surface area contributed by atoms with Crippen molar-refractivity contribution in [2.24, 2.45) is 0 Å². The monoisotopic (exact) mass is 246 g/mol. The van der Waals surface area contributed by atoms with Crippen LogP contribution in [0.1, 0.15) is 18.4 Å². The second-order valence-electron chi connectivity index (χ2n) is 5.30. The van der Waals surface area contributed by atoms with Crippen LogP contribution in [-0.4, -0.2) is 43.3 Å². The van der Waals surface area contributed by atoms with Gasteiger partial charge in [0.1, 0.15) is 0 Å². The van der Waals surface area contributed by atoms with Gasteiger partial charge >= 0.3 is 0 Å². The summed E-state index contributed by atoms with van der Waals surface area (Å²) in [6.45, 7) is 5.03. The lowest BCUT2D eigenvalue weighted by Crippen LogP contribution is -2.52. The van der Waals surface area contributed by atoms with Crippen LogP contribution in [0.25, 0.3) is 0 Å². The van der Waals surface area contributed by atoms with Gasteiger partial charge in [-0.25, -0.2) is 0 Å². The van der Waals surface area contributed by atoms with Gasteiger partial charge in [0.25, 0.3) is 0 Å². The second-order valence-corrected chi connectivity index (χ2v) is 5.30. The Balaban J connectivity index is 1.63. The minimum absolute atomic E-state index is 0.518. The van der Waals surface area contributed by atoms with Crippen LogP contribution < -0.4 is 5.32 Å². The van der Waals surface area contributed by atoms with E-state index in [1.54, 1.807) is 0 Å². The van der Waals surface area contributed by atoms with Crippen molar-refractivity contribution in [1.29, 1.82) is 0 Å². The Bertz CT molecular complexity index is 362. The first-order valence-electron chi connectivity index (χ1n) is 7.02. The smallest absolute Gasteiger partial charge is 0.0635 e. The molecule has 1 aromatic rings. The highest BCUT2D eigenvalue weighted by molar-refractivity contribution is 5.15. The number of hydrogen-bond acceptors (Lipinski definition) is 3. The maximum absolute atomic E-state index is 5.60. The zero-order valence-corrected chi connectivity index (χ0v) is 10.8. The highest BCUT2D eigenvalue weighted by atomic mass is 16.5. The van der Waals surface area contributed by atoms with Crippen molar-refractivity contribution in [2.75, 3.05) is 26.3 Å². The molecule has 2 fully saturated rings. The van der Waals surface area contributed by atoms with Gasteiger partial charge < -0.3 is 10.1 Å². The van der Waals surface area contributed by atoms with Crippen molar-refractivity contribution in [3.8, 4) is 0 Å². The Morgan fingerprint density at radius 2 is 2.17 bits per heavy atom. The first-order valence-corrected chi connectivity index (χ1v) is 7.02. The van der Waals surface area contributed by atoms with Crippen molar-refractivity contribution in [1.82, 2.24) is 10.2 Å². The molecule has 0 aliphatic carbocycles. The van der Waals surface area contributed by atoms with E-state index in [-0.39, 0.29) is 0 Å². The topological polar surface area (TPSA) is 24.5 Å². The molecule has 0 spiro atoms. The first kappa shape index (κ1) is 12.2. The zero-order valence-electron chi connectivity index (χ0n) is 10.8. The van der Waals surface area contributed by atoms with E-state index in [1.165, 1.54) is 24.9 Å². The van der Waals surface area contributed by atoms with E-state index in [1.807, 2.05) is 0 Å². The van der Waals surface area contributed by atoms with Crippen LogP contribution in [0.2, 0.25) is 0 Å². The lowest BCUT2D eigenvalue weighted by Gasteiger charge is -2.34. The van der Waals surface area contributed by atoms with Gasteiger partial charge in [-0.3, -0.25) is 4.90 Å². The summed E-state index contributed by atoms with van der Waals surface area (Å²) in [5.74, 6) is 0. The van der Waals surface area contributed by atoms with E-state index in [4.69, 9.17) is 4.74 Å². The molecule has 98 valence electrons. The zero-order chi connectivity index (χ0) is 12.2. The van der Waals surface area contributed by atoms with E-state index in [0.29, 0.717) is 12.1 Å². The number of rotatable bonds is 3. The molecule has 0 bridgehead atoms. The van der Waals surface area contributed by atoms with Gasteiger partial charge in [0.2, 0.25) is 0 Å². The highest BCUT2D eigenvalue weighted by Gasteiger charge is 2.32. The van der Waals surface area contributed by atoms with Crippen LogP contribution in [0.3, 0.4) is 0 Å². The van der Waals surface area contributed by atoms with E-state index in [9.17, 15) is 0 Å². The van der Waals surface area contributed by atoms with E-state index >= 15 is 0 Å². The summed E-state index contributed by atoms with van der Waals surface area (Å²) in [5.41, 5.74) is 1.42. The van der Waals surface area contributed by atoms with Crippen LogP contribution in [0.4, 0.5) is 0 Å². The molecule has 3 nitrogen and oxygen atoms in total. The van der Waals surface area contributed by atoms with Gasteiger partial charge in [0, 0.05) is 25.2 Å². The third kappa shape index (κ3) is 2.74. The lowest BCUT2D eigenvalue weighted by atomic mass is 10.0. The molecule has 2 saturated heterocycles. The molecule has 0 saturated carbocycles. The molecule has 2 atom stereocenters. The quantitative estimate of drug-likeness (QED) is 0.877. The van der Waals surface area contributed by atoms with Crippen LogP contribution in [0.5, 0.6) is 0 Å². The maximum atomic E-state index is 5.60. The Morgan fingerprint density at radius 1 is 1.28 bits per heavy atom. The van der Waals surface area contributed by atoms with Gasteiger partial charge in [-0.2, -0.15) is 0 Å². The van der Waals surface area contributed by atoms with Gasteiger partial charge in [0.15, 0.2) is 0 Å². The number of hydrogen-bond donors (Lipinski definition) is 1. The number of morpholine rings is 1. The Hall–Kier alpha value is -0.900. The van der Waals surface area contributed by atoms with E-state index < -0.39 is 0 Å². The van der Waals surface area contributed by atoms with Crippen LogP contribution in [-0.2, 0) is 11.3 Å². The van der Waals surface area contributed by atoms with Crippen molar-refractivity contribution < 1.29 is 4.74 Å². The third-order valence-electron chi connectivity index (χ3n) is 4.06. The Labute approximate surface area is 109 Å². The lowest BCUT2D eigenvalue weighted by molar-refractivity contribution is 0.0439. The summed E-state index contributed by atoms with van der Waals surface area (Å²) in [4.78, 5) is 2.61. The van der Waals surface area contributed by atoms with Crippen molar-refractivity contribution in [3.63, 3.8) is 0 Å². The summed E-state index contributed by atoms with van der Waals surface area (Å²) in [6, 6.07) is 11.9. The fraction of sp³-hybridized carbons (Fsp3) is 0.600. The largest absolute Gasteiger partial charge is 0.378 e. The third-order valence-corrected chi connectivity index (χ3v) is 4.06. The SMILES string of the molecule is c1ccc(CN2CCCC2C2COCCN2)cc1. The molecule has 2 unspecified atom stereocenters. The van der Waals surface area contributed by atoms with Crippen LogP contribution >= 0.6 is 0 Å². The average Bonchev–Trinajstić information content (AvgIpc) is 2.89. The van der Waals surface area contributed by atoms with Gasteiger partial charge in [-0.15, -0.1) is 0 Å². The molecule has 2 aliphatic heterocycles. The molecule has 3 heteroatoms. The molecular weight excluding hydrogens is 224 g/mol. The number of likely N-dealkylation sites (tertiary alicyclic amines) is 1. The molecular formula is C15H22N2O. The summed E-state index contributed by atoms with van der Waals surface area (Å²) < 4.78 is 5.60.